The molecule has 6 heteroatoms. The first-order chi connectivity index (χ1) is 13.2. The Hall–Kier alpha value is -2.73. The Labute approximate surface area is 158 Å². The summed E-state index contributed by atoms with van der Waals surface area (Å²) in [6, 6.07) is 3.98. The van der Waals surface area contributed by atoms with Gasteiger partial charge >= 0.3 is 0 Å². The van der Waals surface area contributed by atoms with Gasteiger partial charge in [0, 0.05) is 48.2 Å². The monoisotopic (exact) mass is 361 g/mol. The summed E-state index contributed by atoms with van der Waals surface area (Å²) in [7, 11) is 2.13. The van der Waals surface area contributed by atoms with Crippen molar-refractivity contribution >= 4 is 16.6 Å². The van der Waals surface area contributed by atoms with Gasteiger partial charge in [0.15, 0.2) is 0 Å². The van der Waals surface area contributed by atoms with Gasteiger partial charge in [0.25, 0.3) is 0 Å². The molecular weight excluding hydrogens is 338 g/mol. The van der Waals surface area contributed by atoms with Gasteiger partial charge in [-0.3, -0.25) is 24.7 Å². The largest absolute Gasteiger partial charge is 0.306 e. The third-order valence-corrected chi connectivity index (χ3v) is 5.25. The molecule has 27 heavy (non-hydrogen) atoms. The van der Waals surface area contributed by atoms with Crippen molar-refractivity contribution in [3.05, 3.63) is 48.8 Å². The Bertz CT molecular complexity index is 944. The van der Waals surface area contributed by atoms with Crippen molar-refractivity contribution in [2.75, 3.05) is 20.1 Å². The normalized spacial score (nSPS) is 18.3. The molecule has 6 nitrogen and oxygen atoms in total. The highest BCUT2D eigenvalue weighted by atomic mass is 16.1. The van der Waals surface area contributed by atoms with Crippen molar-refractivity contribution in [3.8, 4) is 11.4 Å². The first kappa shape index (κ1) is 17.7. The van der Waals surface area contributed by atoms with Crippen LogP contribution in [0.1, 0.15) is 25.0 Å². The van der Waals surface area contributed by atoms with E-state index < -0.39 is 0 Å². The number of rotatable bonds is 4. The second-order valence-electron chi connectivity index (χ2n) is 7.26. The van der Waals surface area contributed by atoms with E-state index in [-0.39, 0.29) is 5.92 Å². The van der Waals surface area contributed by atoms with E-state index in [0.29, 0.717) is 12.2 Å². The molecule has 1 fully saturated rings. The smallest absolute Gasteiger partial charge is 0.141 e. The highest BCUT2D eigenvalue weighted by molar-refractivity contribution is 5.87. The van der Waals surface area contributed by atoms with Crippen molar-refractivity contribution < 1.29 is 4.79 Å². The Balaban J connectivity index is 1.54. The first-order valence-electron chi connectivity index (χ1n) is 9.41. The molecule has 0 N–H and O–H groups in total. The lowest BCUT2D eigenvalue weighted by Gasteiger charge is -2.14. The minimum absolute atomic E-state index is 0.153. The molecule has 0 spiro atoms. The van der Waals surface area contributed by atoms with Crippen LogP contribution in [-0.2, 0) is 11.2 Å². The van der Waals surface area contributed by atoms with E-state index in [1.54, 1.807) is 31.0 Å². The van der Waals surface area contributed by atoms with E-state index in [1.165, 1.54) is 0 Å². The number of carbonyl (C=O) groups excluding carboxylic acids is 1. The van der Waals surface area contributed by atoms with E-state index in [0.717, 1.165) is 60.2 Å². The van der Waals surface area contributed by atoms with Crippen LogP contribution in [0.25, 0.3) is 22.2 Å². The van der Waals surface area contributed by atoms with Gasteiger partial charge in [-0.15, -0.1) is 0 Å². The van der Waals surface area contributed by atoms with Crippen molar-refractivity contribution in [2.45, 2.75) is 25.7 Å². The van der Waals surface area contributed by atoms with Crippen LogP contribution in [0.15, 0.2) is 43.1 Å². The summed E-state index contributed by atoms with van der Waals surface area (Å²) >= 11 is 0. The minimum Gasteiger partial charge on any atom is -0.306 e. The van der Waals surface area contributed by atoms with Crippen molar-refractivity contribution in [2.24, 2.45) is 5.92 Å². The zero-order valence-corrected chi connectivity index (χ0v) is 15.5. The highest BCUT2D eigenvalue weighted by Crippen LogP contribution is 2.22. The SMILES string of the molecule is CN1CCCC(C(=O)Cc2cc3cc(-c4cnccn4)ncc3cn2)CC1. The molecule has 0 saturated carbocycles. The second-order valence-corrected chi connectivity index (χ2v) is 7.26. The molecule has 1 aliphatic heterocycles. The number of pyridine rings is 2. The van der Waals surface area contributed by atoms with Crippen molar-refractivity contribution in [1.29, 1.82) is 0 Å². The molecule has 138 valence electrons. The molecule has 3 aromatic rings. The quantitative estimate of drug-likeness (QED) is 0.711. The molecule has 0 amide bonds. The standard InChI is InChI=1S/C21H23N5O/c1-26-7-2-3-15(4-8-26)21(27)11-18-9-16-10-19(20-14-22-5-6-23-20)25-13-17(16)12-24-18/h5-6,9-10,12-15H,2-4,7-8,11H2,1H3. The van der Waals surface area contributed by atoms with Crippen LogP contribution in [0, 0.1) is 5.92 Å². The summed E-state index contributed by atoms with van der Waals surface area (Å²) < 4.78 is 0. The summed E-state index contributed by atoms with van der Waals surface area (Å²) in [6.45, 7) is 2.07. The maximum absolute atomic E-state index is 12.8. The lowest BCUT2D eigenvalue weighted by atomic mass is 9.93. The van der Waals surface area contributed by atoms with Crippen LogP contribution in [0.4, 0.5) is 0 Å². The minimum atomic E-state index is 0.153. The van der Waals surface area contributed by atoms with E-state index in [1.807, 2.05) is 12.1 Å². The molecule has 1 aliphatic rings. The van der Waals surface area contributed by atoms with Gasteiger partial charge in [-0.05, 0) is 56.9 Å². The molecule has 0 aliphatic carbocycles. The van der Waals surface area contributed by atoms with Crippen LogP contribution in [0.3, 0.4) is 0 Å². The Morgan fingerprint density at radius 2 is 1.89 bits per heavy atom. The third-order valence-electron chi connectivity index (χ3n) is 5.25. The van der Waals surface area contributed by atoms with Gasteiger partial charge in [-0.1, -0.05) is 0 Å². The van der Waals surface area contributed by atoms with Crippen LogP contribution >= 0.6 is 0 Å². The van der Waals surface area contributed by atoms with E-state index in [4.69, 9.17) is 0 Å². The average Bonchev–Trinajstić information content (AvgIpc) is 2.92. The van der Waals surface area contributed by atoms with E-state index in [9.17, 15) is 4.79 Å². The fraction of sp³-hybridized carbons (Fsp3) is 0.381. The molecule has 0 radical (unpaired) electrons. The summed E-state index contributed by atoms with van der Waals surface area (Å²) in [6.07, 6.45) is 12.0. The summed E-state index contributed by atoms with van der Waals surface area (Å²) in [5, 5.41) is 1.97. The average molecular weight is 361 g/mol. The molecule has 0 aromatic carbocycles. The van der Waals surface area contributed by atoms with E-state index >= 15 is 0 Å². The Morgan fingerprint density at radius 1 is 1.00 bits per heavy atom. The van der Waals surface area contributed by atoms with Gasteiger partial charge in [-0.25, -0.2) is 0 Å². The van der Waals surface area contributed by atoms with Gasteiger partial charge in [0.1, 0.15) is 11.5 Å². The molecule has 3 aromatic heterocycles. The maximum Gasteiger partial charge on any atom is 0.141 e. The Kier molecular flexibility index (Phi) is 5.16. The predicted octanol–water partition coefficient (Wildman–Crippen LogP) is 2.93. The summed E-state index contributed by atoms with van der Waals surface area (Å²) in [5.74, 6) is 0.459. The summed E-state index contributed by atoms with van der Waals surface area (Å²) in [5.41, 5.74) is 2.32. The number of hydrogen-bond donors (Lipinski definition) is 0. The van der Waals surface area contributed by atoms with Crippen molar-refractivity contribution in [3.63, 3.8) is 0 Å². The molecule has 1 atom stereocenters. The number of hydrogen-bond acceptors (Lipinski definition) is 6. The molecule has 4 rings (SSSR count). The van der Waals surface area contributed by atoms with Gasteiger partial charge < -0.3 is 4.90 Å². The van der Waals surface area contributed by atoms with Crippen molar-refractivity contribution in [1.82, 2.24) is 24.8 Å². The number of likely N-dealkylation sites (tertiary alicyclic amines) is 1. The molecule has 0 bridgehead atoms. The number of fused-ring (bicyclic) bond motifs is 1. The molecule has 1 saturated heterocycles. The molecular formula is C21H23N5O. The maximum atomic E-state index is 12.8. The van der Waals surface area contributed by atoms with Crippen LogP contribution in [0.2, 0.25) is 0 Å². The van der Waals surface area contributed by atoms with Crippen LogP contribution < -0.4 is 0 Å². The number of ketones is 1. The molecule has 1 unspecified atom stereocenters. The fourth-order valence-electron chi connectivity index (χ4n) is 3.64. The van der Waals surface area contributed by atoms with Gasteiger partial charge in [0.05, 0.1) is 11.9 Å². The second kappa shape index (κ2) is 7.88. The number of nitrogens with zero attached hydrogens (tertiary/aromatic N) is 5. The van der Waals surface area contributed by atoms with Gasteiger partial charge in [-0.2, -0.15) is 0 Å². The highest BCUT2D eigenvalue weighted by Gasteiger charge is 2.22. The predicted molar refractivity (Wildman–Crippen MR) is 104 cm³/mol. The first-order valence-corrected chi connectivity index (χ1v) is 9.41. The lowest BCUT2D eigenvalue weighted by molar-refractivity contribution is -0.122. The number of aromatic nitrogens is 4. The topological polar surface area (TPSA) is 71.9 Å². The van der Waals surface area contributed by atoms with Crippen LogP contribution in [0.5, 0.6) is 0 Å². The van der Waals surface area contributed by atoms with Crippen LogP contribution in [-0.4, -0.2) is 50.8 Å². The number of carbonyl (C=O) groups is 1. The number of Topliss-reactive ketones (excluding diaryl/α,β-unsaturated/α-hetero) is 1. The zero-order chi connectivity index (χ0) is 18.6. The third kappa shape index (κ3) is 4.17. The van der Waals surface area contributed by atoms with Gasteiger partial charge in [0.2, 0.25) is 0 Å². The summed E-state index contributed by atoms with van der Waals surface area (Å²) in [4.78, 5) is 32.4. The fourth-order valence-corrected chi connectivity index (χ4v) is 3.64. The lowest BCUT2D eigenvalue weighted by Crippen LogP contribution is -2.21. The van der Waals surface area contributed by atoms with E-state index in [2.05, 4.69) is 31.9 Å². The molecule has 4 heterocycles. The Morgan fingerprint density at radius 3 is 2.74 bits per heavy atom. The zero-order valence-electron chi connectivity index (χ0n) is 15.5.